The Bertz CT molecular complexity index is 1110. The number of pyridine rings is 1. The number of nitrogens with zero attached hydrogens (tertiary/aromatic N) is 2. The Kier molecular flexibility index (Phi) is 5.25. The highest BCUT2D eigenvalue weighted by atomic mass is 35.5. The summed E-state index contributed by atoms with van der Waals surface area (Å²) in [6, 6.07) is 8.78. The van der Waals surface area contributed by atoms with Gasteiger partial charge in [0.25, 0.3) is 0 Å². The Balaban J connectivity index is 2.29. The summed E-state index contributed by atoms with van der Waals surface area (Å²) >= 11 is 6.21. The molecule has 3 aromatic rings. The highest BCUT2D eigenvalue weighted by Gasteiger charge is 2.31. The number of halogens is 2. The van der Waals surface area contributed by atoms with Gasteiger partial charge in [-0.2, -0.15) is 0 Å². The maximum absolute atomic E-state index is 14.4. The van der Waals surface area contributed by atoms with Crippen molar-refractivity contribution in [2.75, 3.05) is 0 Å². The molecule has 3 rings (SSSR count). The second-order valence-electron chi connectivity index (χ2n) is 5.63. The lowest BCUT2D eigenvalue weighted by molar-refractivity contribution is 0.112. The van der Waals surface area contributed by atoms with Crippen molar-refractivity contribution < 1.29 is 17.6 Å². The van der Waals surface area contributed by atoms with Crippen molar-refractivity contribution in [2.45, 2.75) is 5.25 Å². The van der Waals surface area contributed by atoms with Gasteiger partial charge in [0, 0.05) is 24.2 Å². The van der Waals surface area contributed by atoms with Crippen LogP contribution in [0.5, 0.6) is 0 Å². The van der Waals surface area contributed by atoms with Gasteiger partial charge in [-0.25, -0.2) is 16.8 Å². The molecule has 1 aromatic carbocycles. The molecular formula is C19H14ClFN2O3S. The van der Waals surface area contributed by atoms with Crippen LogP contribution in [0.4, 0.5) is 4.39 Å². The molecule has 138 valence electrons. The van der Waals surface area contributed by atoms with Gasteiger partial charge in [-0.15, -0.1) is 6.58 Å². The van der Waals surface area contributed by atoms with Gasteiger partial charge in [-0.05, 0) is 23.8 Å². The van der Waals surface area contributed by atoms with Crippen molar-refractivity contribution in [1.82, 2.24) is 8.96 Å². The van der Waals surface area contributed by atoms with Crippen LogP contribution in [0.3, 0.4) is 0 Å². The van der Waals surface area contributed by atoms with Crippen molar-refractivity contribution in [1.29, 1.82) is 0 Å². The van der Waals surface area contributed by atoms with Crippen molar-refractivity contribution in [3.8, 4) is 11.3 Å². The molecule has 0 amide bonds. The van der Waals surface area contributed by atoms with Crippen molar-refractivity contribution in [3.63, 3.8) is 0 Å². The lowest BCUT2D eigenvalue weighted by atomic mass is 10.1. The second kappa shape index (κ2) is 7.46. The van der Waals surface area contributed by atoms with Crippen LogP contribution in [0, 0.1) is 5.82 Å². The molecule has 0 bridgehead atoms. The van der Waals surface area contributed by atoms with Crippen LogP contribution in [0.2, 0.25) is 5.02 Å². The van der Waals surface area contributed by atoms with E-state index in [0.29, 0.717) is 11.8 Å². The van der Waals surface area contributed by atoms with Crippen LogP contribution in [0.15, 0.2) is 67.6 Å². The highest BCUT2D eigenvalue weighted by Crippen LogP contribution is 2.37. The molecule has 0 aliphatic carbocycles. The Labute approximate surface area is 160 Å². The smallest absolute Gasteiger partial charge is 0.249 e. The average Bonchev–Trinajstić information content (AvgIpc) is 3.00. The number of hydrogen-bond donors (Lipinski definition) is 0. The Morgan fingerprint density at radius 3 is 2.56 bits per heavy atom. The zero-order valence-corrected chi connectivity index (χ0v) is 15.5. The molecule has 0 radical (unpaired) electrons. The molecule has 0 aliphatic heterocycles. The largest absolute Gasteiger partial charge is 0.298 e. The molecule has 0 fully saturated rings. The number of carbonyl (C=O) groups is 1. The van der Waals surface area contributed by atoms with E-state index in [4.69, 9.17) is 11.6 Å². The Morgan fingerprint density at radius 2 is 1.96 bits per heavy atom. The predicted molar refractivity (Wildman–Crippen MR) is 102 cm³/mol. The van der Waals surface area contributed by atoms with E-state index in [1.165, 1.54) is 36.7 Å². The summed E-state index contributed by atoms with van der Waals surface area (Å²) in [7, 11) is -4.16. The summed E-state index contributed by atoms with van der Waals surface area (Å²) in [5.74, 6) is -0.664. The molecule has 2 aromatic heterocycles. The molecule has 0 N–H and O–H groups in total. The third-order valence-corrected chi connectivity index (χ3v) is 6.36. The molecule has 1 atom stereocenters. The van der Waals surface area contributed by atoms with Gasteiger partial charge in [0.15, 0.2) is 6.29 Å². The summed E-state index contributed by atoms with van der Waals surface area (Å²) in [4.78, 5) is 15.3. The zero-order valence-electron chi connectivity index (χ0n) is 13.9. The van der Waals surface area contributed by atoms with E-state index < -0.39 is 21.1 Å². The fourth-order valence-electron chi connectivity index (χ4n) is 2.75. The molecule has 0 saturated heterocycles. The average molecular weight is 405 g/mol. The van der Waals surface area contributed by atoms with Crippen molar-refractivity contribution >= 4 is 27.9 Å². The molecule has 5 nitrogen and oxygen atoms in total. The van der Waals surface area contributed by atoms with E-state index in [-0.39, 0.29) is 21.8 Å². The van der Waals surface area contributed by atoms with Gasteiger partial charge >= 0.3 is 0 Å². The number of aromatic nitrogens is 2. The normalized spacial score (nSPS) is 12.5. The molecule has 0 saturated carbocycles. The van der Waals surface area contributed by atoms with E-state index in [2.05, 4.69) is 11.6 Å². The summed E-state index contributed by atoms with van der Waals surface area (Å²) in [5, 5.41) is -1.31. The van der Waals surface area contributed by atoms with Crippen LogP contribution < -0.4 is 0 Å². The molecule has 8 heteroatoms. The van der Waals surface area contributed by atoms with Gasteiger partial charge in [-0.1, -0.05) is 35.9 Å². The first-order valence-corrected chi connectivity index (χ1v) is 9.67. The SMILES string of the molecule is C=CC(c1cccnc1)S(=O)(=O)n1cc(C=O)c(Cl)c1-c1ccccc1F. The maximum atomic E-state index is 14.4. The fraction of sp³-hybridized carbons (Fsp3) is 0.0526. The lowest BCUT2D eigenvalue weighted by Gasteiger charge is -2.17. The summed E-state index contributed by atoms with van der Waals surface area (Å²) in [6.07, 6.45) is 5.66. The second-order valence-corrected chi connectivity index (χ2v) is 7.94. The summed E-state index contributed by atoms with van der Waals surface area (Å²) in [5.41, 5.74) is 0.165. The number of benzene rings is 1. The van der Waals surface area contributed by atoms with Crippen LogP contribution in [-0.2, 0) is 10.0 Å². The highest BCUT2D eigenvalue weighted by molar-refractivity contribution is 7.90. The lowest BCUT2D eigenvalue weighted by Crippen LogP contribution is -2.20. The fourth-order valence-corrected chi connectivity index (χ4v) is 4.76. The minimum atomic E-state index is -4.16. The van der Waals surface area contributed by atoms with Crippen LogP contribution in [-0.4, -0.2) is 23.7 Å². The van der Waals surface area contributed by atoms with E-state index >= 15 is 0 Å². The molecule has 27 heavy (non-hydrogen) atoms. The minimum absolute atomic E-state index is 0.0341. The van der Waals surface area contributed by atoms with Crippen LogP contribution in [0.1, 0.15) is 21.2 Å². The first kappa shape index (κ1) is 19.0. The number of aldehydes is 1. The quantitative estimate of drug-likeness (QED) is 0.454. The zero-order chi connectivity index (χ0) is 19.6. The third kappa shape index (κ3) is 3.31. The summed E-state index contributed by atoms with van der Waals surface area (Å²) in [6.45, 7) is 3.60. The van der Waals surface area contributed by atoms with Gasteiger partial charge < -0.3 is 0 Å². The van der Waals surface area contributed by atoms with Crippen LogP contribution in [0.25, 0.3) is 11.3 Å². The minimum Gasteiger partial charge on any atom is -0.298 e. The molecule has 0 spiro atoms. The maximum Gasteiger partial charge on any atom is 0.249 e. The molecule has 2 heterocycles. The van der Waals surface area contributed by atoms with Gasteiger partial charge in [0.1, 0.15) is 11.1 Å². The van der Waals surface area contributed by atoms with E-state index in [0.717, 1.165) is 10.2 Å². The molecular weight excluding hydrogens is 391 g/mol. The Hall–Kier alpha value is -2.77. The van der Waals surface area contributed by atoms with Crippen LogP contribution >= 0.6 is 11.6 Å². The number of hydrogen-bond acceptors (Lipinski definition) is 4. The van der Waals surface area contributed by atoms with E-state index in [1.807, 2.05) is 0 Å². The van der Waals surface area contributed by atoms with Crippen molar-refractivity contribution in [3.05, 3.63) is 89.6 Å². The third-order valence-electron chi connectivity index (χ3n) is 4.02. The van der Waals surface area contributed by atoms with E-state index in [9.17, 15) is 17.6 Å². The summed E-state index contributed by atoms with van der Waals surface area (Å²) < 4.78 is 41.8. The monoisotopic (exact) mass is 404 g/mol. The number of rotatable bonds is 6. The van der Waals surface area contributed by atoms with Gasteiger partial charge in [0.2, 0.25) is 10.0 Å². The van der Waals surface area contributed by atoms with E-state index in [1.54, 1.807) is 18.2 Å². The first-order valence-electron chi connectivity index (χ1n) is 7.79. The van der Waals surface area contributed by atoms with Gasteiger partial charge in [0.05, 0.1) is 16.3 Å². The van der Waals surface area contributed by atoms with Crippen molar-refractivity contribution in [2.24, 2.45) is 0 Å². The number of carbonyl (C=O) groups excluding carboxylic acids is 1. The van der Waals surface area contributed by atoms with Gasteiger partial charge in [-0.3, -0.25) is 9.78 Å². The standard InChI is InChI=1S/C19H14ClFN2O3S/c1-2-17(13-6-5-9-22-10-13)27(25,26)23-11-14(12-24)18(20)19(23)15-7-3-4-8-16(15)21/h2-12,17H,1H2. The Morgan fingerprint density at radius 1 is 1.22 bits per heavy atom. The molecule has 1 unspecified atom stereocenters. The predicted octanol–water partition coefficient (Wildman–Crippen LogP) is 4.26. The topological polar surface area (TPSA) is 69.0 Å². The first-order chi connectivity index (χ1) is 12.9. The molecule has 0 aliphatic rings.